The smallest absolute Gasteiger partial charge is 0.326 e. The van der Waals surface area contributed by atoms with Gasteiger partial charge in [-0.25, -0.2) is 4.39 Å². The van der Waals surface area contributed by atoms with Crippen LogP contribution in [0.2, 0.25) is 0 Å². The zero-order valence-electron chi connectivity index (χ0n) is 17.2. The van der Waals surface area contributed by atoms with Gasteiger partial charge in [0, 0.05) is 11.1 Å². The van der Waals surface area contributed by atoms with Crippen molar-refractivity contribution in [2.24, 2.45) is 0 Å². The molecule has 2 amide bonds. The quantitative estimate of drug-likeness (QED) is 0.432. The molecule has 162 valence electrons. The Balaban J connectivity index is 1.73. The second kappa shape index (κ2) is 10.3. The lowest BCUT2D eigenvalue weighted by molar-refractivity contribution is -0.150. The lowest BCUT2D eigenvalue weighted by Crippen LogP contribution is -2.35. The van der Waals surface area contributed by atoms with Crippen molar-refractivity contribution in [1.29, 1.82) is 0 Å². The molecule has 2 aromatic rings. The largest absolute Gasteiger partial charge is 0.488 e. The third kappa shape index (κ3) is 5.73. The molecule has 6 nitrogen and oxygen atoms in total. The minimum absolute atomic E-state index is 0.0143. The summed E-state index contributed by atoms with van der Waals surface area (Å²) >= 11 is 0.744. The number of halogens is 1. The van der Waals surface area contributed by atoms with E-state index in [2.05, 4.69) is 0 Å². The number of thioether (sulfide) groups is 1. The van der Waals surface area contributed by atoms with Crippen molar-refractivity contribution >= 4 is 35.0 Å². The number of nitrogens with zero attached hydrogens (tertiary/aromatic N) is 1. The first kappa shape index (κ1) is 22.6. The van der Waals surface area contributed by atoms with Gasteiger partial charge in [0.25, 0.3) is 11.1 Å². The number of imide groups is 1. The van der Waals surface area contributed by atoms with E-state index in [9.17, 15) is 18.8 Å². The molecule has 0 aliphatic carbocycles. The van der Waals surface area contributed by atoms with E-state index < -0.39 is 23.7 Å². The van der Waals surface area contributed by atoms with Crippen LogP contribution >= 0.6 is 11.8 Å². The molecule has 1 atom stereocenters. The summed E-state index contributed by atoms with van der Waals surface area (Å²) in [5.74, 6) is -1.13. The fourth-order valence-electron chi connectivity index (χ4n) is 2.75. The molecule has 1 heterocycles. The second-order valence-corrected chi connectivity index (χ2v) is 7.89. The molecule has 0 saturated carbocycles. The van der Waals surface area contributed by atoms with Crippen LogP contribution in [0, 0.1) is 5.82 Å². The molecule has 0 spiro atoms. The summed E-state index contributed by atoms with van der Waals surface area (Å²) < 4.78 is 24.7. The monoisotopic (exact) mass is 443 g/mol. The van der Waals surface area contributed by atoms with E-state index in [0.717, 1.165) is 16.7 Å². The molecule has 0 radical (unpaired) electrons. The van der Waals surface area contributed by atoms with Crippen LogP contribution in [-0.2, 0) is 20.9 Å². The van der Waals surface area contributed by atoms with Gasteiger partial charge in [-0.05, 0) is 43.3 Å². The van der Waals surface area contributed by atoms with E-state index in [-0.39, 0.29) is 23.4 Å². The molecule has 0 N–H and O–H groups in total. The highest BCUT2D eigenvalue weighted by Crippen LogP contribution is 2.34. The van der Waals surface area contributed by atoms with Crippen molar-refractivity contribution in [2.75, 3.05) is 6.54 Å². The van der Waals surface area contributed by atoms with Crippen molar-refractivity contribution in [3.05, 3.63) is 70.4 Å². The van der Waals surface area contributed by atoms with Gasteiger partial charge in [-0.1, -0.05) is 43.3 Å². The predicted octanol–water partition coefficient (Wildman–Crippen LogP) is 4.78. The molecule has 31 heavy (non-hydrogen) atoms. The number of hydrogen-bond donors (Lipinski definition) is 0. The Morgan fingerprint density at radius 2 is 1.87 bits per heavy atom. The van der Waals surface area contributed by atoms with Crippen LogP contribution in [0.25, 0.3) is 6.08 Å². The maximum atomic E-state index is 13.8. The summed E-state index contributed by atoms with van der Waals surface area (Å²) in [6.07, 6.45) is 1.88. The average Bonchev–Trinajstić information content (AvgIpc) is 3.01. The van der Waals surface area contributed by atoms with Crippen LogP contribution in [0.3, 0.4) is 0 Å². The van der Waals surface area contributed by atoms with Crippen molar-refractivity contribution in [3.63, 3.8) is 0 Å². The van der Waals surface area contributed by atoms with Crippen molar-refractivity contribution in [1.82, 2.24) is 4.90 Å². The molecule has 1 saturated heterocycles. The molecule has 1 aliphatic heterocycles. The zero-order chi connectivity index (χ0) is 22.4. The van der Waals surface area contributed by atoms with E-state index in [0.29, 0.717) is 23.3 Å². The van der Waals surface area contributed by atoms with Gasteiger partial charge in [-0.3, -0.25) is 19.3 Å². The first-order valence-electron chi connectivity index (χ1n) is 9.79. The Morgan fingerprint density at radius 3 is 2.61 bits per heavy atom. The Hall–Kier alpha value is -3.13. The van der Waals surface area contributed by atoms with Gasteiger partial charge in [-0.2, -0.15) is 0 Å². The molecule has 1 fully saturated rings. The fraction of sp³-hybridized carbons (Fsp3) is 0.261. The zero-order valence-corrected chi connectivity index (χ0v) is 18.0. The van der Waals surface area contributed by atoms with Crippen molar-refractivity contribution < 1.29 is 28.2 Å². The number of ether oxygens (including phenoxy) is 2. The third-order valence-electron chi connectivity index (χ3n) is 4.61. The highest BCUT2D eigenvalue weighted by molar-refractivity contribution is 8.18. The van der Waals surface area contributed by atoms with Gasteiger partial charge in [0.05, 0.1) is 11.0 Å². The van der Waals surface area contributed by atoms with E-state index in [1.165, 1.54) is 12.1 Å². The van der Waals surface area contributed by atoms with Crippen molar-refractivity contribution in [2.45, 2.75) is 33.0 Å². The number of carbonyl (C=O) groups excluding carboxylic acids is 3. The van der Waals surface area contributed by atoms with Crippen LogP contribution in [0.15, 0.2) is 53.4 Å². The topological polar surface area (TPSA) is 72.9 Å². The van der Waals surface area contributed by atoms with Gasteiger partial charge in [-0.15, -0.1) is 0 Å². The van der Waals surface area contributed by atoms with Gasteiger partial charge in [0.1, 0.15) is 24.7 Å². The number of hydrogen-bond acceptors (Lipinski definition) is 6. The first-order valence-corrected chi connectivity index (χ1v) is 10.6. The van der Waals surface area contributed by atoms with Crippen LogP contribution in [0.5, 0.6) is 5.75 Å². The maximum absolute atomic E-state index is 13.8. The number of para-hydroxylation sites is 1. The van der Waals surface area contributed by atoms with Gasteiger partial charge < -0.3 is 9.47 Å². The molecule has 0 unspecified atom stereocenters. The molecule has 2 aromatic carbocycles. The van der Waals surface area contributed by atoms with Gasteiger partial charge in [0.2, 0.25) is 0 Å². The van der Waals surface area contributed by atoms with Gasteiger partial charge in [0.15, 0.2) is 0 Å². The number of amides is 2. The highest BCUT2D eigenvalue weighted by atomic mass is 32.2. The minimum atomic E-state index is -0.633. The second-order valence-electron chi connectivity index (χ2n) is 6.89. The third-order valence-corrected chi connectivity index (χ3v) is 5.52. The molecular weight excluding hydrogens is 421 g/mol. The molecule has 3 rings (SSSR count). The number of esters is 1. The highest BCUT2D eigenvalue weighted by Gasteiger charge is 2.37. The molecule has 1 aliphatic rings. The Labute approximate surface area is 184 Å². The van der Waals surface area contributed by atoms with Crippen LogP contribution < -0.4 is 4.74 Å². The summed E-state index contributed by atoms with van der Waals surface area (Å²) in [6.45, 7) is 3.19. The predicted molar refractivity (Wildman–Crippen MR) is 116 cm³/mol. The average molecular weight is 443 g/mol. The fourth-order valence-corrected chi connectivity index (χ4v) is 3.58. The molecule has 8 heteroatoms. The summed E-state index contributed by atoms with van der Waals surface area (Å²) in [5, 5.41) is -0.540. The van der Waals surface area contributed by atoms with Crippen LogP contribution in [0.1, 0.15) is 31.4 Å². The Bertz CT molecular complexity index is 1020. The SMILES string of the molecule is CC[C@@H](C)OC(=O)CN1C(=O)S/C(=C/c2ccccc2OCc2ccccc2F)C1=O. The molecular formula is C23H22FNO5S. The van der Waals surface area contributed by atoms with Crippen LogP contribution in [0.4, 0.5) is 9.18 Å². The number of carbonyl (C=O) groups is 3. The summed E-state index contributed by atoms with van der Waals surface area (Å²) in [5.41, 5.74) is 0.962. The Morgan fingerprint density at radius 1 is 1.16 bits per heavy atom. The first-order chi connectivity index (χ1) is 14.9. The van der Waals surface area contributed by atoms with Crippen molar-refractivity contribution in [3.8, 4) is 5.75 Å². The normalized spacial score (nSPS) is 16.0. The number of benzene rings is 2. The maximum Gasteiger partial charge on any atom is 0.326 e. The lowest BCUT2D eigenvalue weighted by Gasteiger charge is -2.15. The number of rotatable bonds is 8. The van der Waals surface area contributed by atoms with Crippen LogP contribution in [-0.4, -0.2) is 34.7 Å². The Kier molecular flexibility index (Phi) is 7.46. The summed E-state index contributed by atoms with van der Waals surface area (Å²) in [6, 6.07) is 13.2. The summed E-state index contributed by atoms with van der Waals surface area (Å²) in [7, 11) is 0. The summed E-state index contributed by atoms with van der Waals surface area (Å²) in [4.78, 5) is 37.9. The standard InChI is InChI=1S/C23H22FNO5S/c1-3-15(2)30-21(26)13-25-22(27)20(31-23(25)28)12-16-8-5-7-11-19(16)29-14-17-9-4-6-10-18(17)24/h4-12,15H,3,13-14H2,1-2H3/b20-12+/t15-/m1/s1. The van der Waals surface area contributed by atoms with E-state index in [4.69, 9.17) is 9.47 Å². The van der Waals surface area contributed by atoms with E-state index in [1.54, 1.807) is 49.4 Å². The molecule has 0 aromatic heterocycles. The lowest BCUT2D eigenvalue weighted by atomic mass is 10.1. The minimum Gasteiger partial charge on any atom is -0.488 e. The van der Waals surface area contributed by atoms with E-state index in [1.807, 2.05) is 6.92 Å². The molecule has 0 bridgehead atoms. The van der Waals surface area contributed by atoms with Gasteiger partial charge >= 0.3 is 5.97 Å². The van der Waals surface area contributed by atoms with E-state index >= 15 is 0 Å².